The summed E-state index contributed by atoms with van der Waals surface area (Å²) >= 11 is 6.08. The Bertz CT molecular complexity index is 1150. The molecule has 1 atom stereocenters. The first-order chi connectivity index (χ1) is 14.9. The molecule has 2 aliphatic heterocycles. The fourth-order valence-corrected chi connectivity index (χ4v) is 4.31. The highest BCUT2D eigenvalue weighted by molar-refractivity contribution is 6.31. The lowest BCUT2D eigenvalue weighted by Gasteiger charge is -2.43. The van der Waals surface area contributed by atoms with Crippen LogP contribution in [0.2, 0.25) is 5.02 Å². The fraction of sp³-hybridized carbons (Fsp3) is 0.429. The Morgan fingerprint density at radius 3 is 3.00 bits per heavy atom. The summed E-state index contributed by atoms with van der Waals surface area (Å²) in [6.45, 7) is 4.03. The van der Waals surface area contributed by atoms with E-state index in [1.807, 2.05) is 11.8 Å². The number of anilines is 1. The van der Waals surface area contributed by atoms with Crippen LogP contribution in [0.4, 0.5) is 10.2 Å². The van der Waals surface area contributed by atoms with Crippen molar-refractivity contribution < 1.29 is 13.9 Å². The predicted molar refractivity (Wildman–Crippen MR) is 114 cm³/mol. The summed E-state index contributed by atoms with van der Waals surface area (Å²) in [6.07, 6.45) is 6.09. The highest BCUT2D eigenvalue weighted by Gasteiger charge is 2.44. The van der Waals surface area contributed by atoms with E-state index >= 15 is 0 Å². The van der Waals surface area contributed by atoms with E-state index < -0.39 is 11.2 Å². The van der Waals surface area contributed by atoms with Gasteiger partial charge in [0.1, 0.15) is 5.65 Å². The maximum absolute atomic E-state index is 14.5. The standard InChI is InChI=1S/C21H22ClFN6O2/c1-21(10-31-11-21)20(30)29-4-2-3-13(9-29)27-19-16(23)8-26-18(28-19)15-7-25-17-14(15)5-12(22)6-24-17/h5-8,13H,2-4,9-11H2,1H3,(H,24,25)(H,26,27,28)/t13-/m0/s1. The van der Waals surface area contributed by atoms with Gasteiger partial charge in [0.05, 0.1) is 29.8 Å². The first kappa shape index (κ1) is 20.1. The third-order valence-corrected chi connectivity index (χ3v) is 6.10. The van der Waals surface area contributed by atoms with Gasteiger partial charge in [0.25, 0.3) is 0 Å². The van der Waals surface area contributed by atoms with Crippen molar-refractivity contribution in [1.82, 2.24) is 24.8 Å². The molecule has 0 spiro atoms. The predicted octanol–water partition coefficient (Wildman–Crippen LogP) is 3.25. The maximum Gasteiger partial charge on any atom is 0.233 e. The van der Waals surface area contributed by atoms with Crippen LogP contribution in [-0.2, 0) is 9.53 Å². The second-order valence-corrected chi connectivity index (χ2v) is 8.87. The van der Waals surface area contributed by atoms with Crippen LogP contribution in [0.15, 0.2) is 24.7 Å². The zero-order valence-corrected chi connectivity index (χ0v) is 17.7. The lowest BCUT2D eigenvalue weighted by atomic mass is 9.86. The largest absolute Gasteiger partial charge is 0.379 e. The minimum Gasteiger partial charge on any atom is -0.379 e. The van der Waals surface area contributed by atoms with Gasteiger partial charge in [-0.05, 0) is 25.8 Å². The number of piperidine rings is 1. The van der Waals surface area contributed by atoms with Crippen molar-refractivity contribution in [2.24, 2.45) is 5.41 Å². The Labute approximate surface area is 183 Å². The Morgan fingerprint density at radius 2 is 2.23 bits per heavy atom. The molecule has 3 aromatic heterocycles. The molecule has 1 amide bonds. The summed E-state index contributed by atoms with van der Waals surface area (Å²) in [7, 11) is 0. The van der Waals surface area contributed by atoms with Crippen molar-refractivity contribution in [1.29, 1.82) is 0 Å². The number of hydrogen-bond donors (Lipinski definition) is 2. The first-order valence-electron chi connectivity index (χ1n) is 10.2. The van der Waals surface area contributed by atoms with E-state index in [0.29, 0.717) is 48.4 Å². The number of carbonyl (C=O) groups excluding carboxylic acids is 1. The van der Waals surface area contributed by atoms with Gasteiger partial charge in [0.2, 0.25) is 5.91 Å². The van der Waals surface area contributed by atoms with Crippen molar-refractivity contribution >= 4 is 34.4 Å². The Hall–Kier alpha value is -2.78. The molecular weight excluding hydrogens is 423 g/mol. The van der Waals surface area contributed by atoms with Gasteiger partial charge in [-0.15, -0.1) is 0 Å². The van der Waals surface area contributed by atoms with Crippen LogP contribution in [0.25, 0.3) is 22.4 Å². The number of H-pyrrole nitrogens is 1. The van der Waals surface area contributed by atoms with E-state index in [0.717, 1.165) is 24.4 Å². The molecule has 0 aromatic carbocycles. The number of hydrogen-bond acceptors (Lipinski definition) is 6. The molecule has 5 rings (SSSR count). The number of nitrogens with zero attached hydrogens (tertiary/aromatic N) is 4. The minimum atomic E-state index is -0.539. The fourth-order valence-electron chi connectivity index (χ4n) is 4.15. The number of halogens is 2. The number of ether oxygens (including phenoxy) is 1. The second-order valence-electron chi connectivity index (χ2n) is 8.43. The molecule has 162 valence electrons. The van der Waals surface area contributed by atoms with Gasteiger partial charge >= 0.3 is 0 Å². The first-order valence-corrected chi connectivity index (χ1v) is 10.6. The maximum atomic E-state index is 14.5. The lowest BCUT2D eigenvalue weighted by Crippen LogP contribution is -2.56. The number of pyridine rings is 1. The monoisotopic (exact) mass is 444 g/mol. The van der Waals surface area contributed by atoms with Crippen LogP contribution >= 0.6 is 11.6 Å². The molecule has 8 nitrogen and oxygen atoms in total. The Balaban J connectivity index is 1.37. The number of rotatable bonds is 4. The molecule has 2 aliphatic rings. The van der Waals surface area contributed by atoms with E-state index in [4.69, 9.17) is 16.3 Å². The molecule has 10 heteroatoms. The van der Waals surface area contributed by atoms with Crippen LogP contribution < -0.4 is 5.32 Å². The molecule has 0 aliphatic carbocycles. The molecule has 2 N–H and O–H groups in total. The summed E-state index contributed by atoms with van der Waals surface area (Å²) < 4.78 is 19.8. The SMILES string of the molecule is CC1(C(=O)N2CCC[C@H](Nc3nc(-c4c[nH]c5ncc(Cl)cc45)ncc3F)C2)COC1. The number of nitrogens with one attached hydrogen (secondary N) is 2. The normalized spacial score (nSPS) is 20.5. The van der Waals surface area contributed by atoms with Crippen molar-refractivity contribution in [3.8, 4) is 11.4 Å². The number of amides is 1. The average molecular weight is 445 g/mol. The quantitative estimate of drug-likeness (QED) is 0.641. The molecule has 0 radical (unpaired) electrons. The summed E-state index contributed by atoms with van der Waals surface area (Å²) in [5, 5.41) is 4.43. The van der Waals surface area contributed by atoms with Crippen molar-refractivity contribution in [2.75, 3.05) is 31.6 Å². The van der Waals surface area contributed by atoms with Crippen molar-refractivity contribution in [3.05, 3.63) is 35.5 Å². The van der Waals surface area contributed by atoms with E-state index in [-0.39, 0.29) is 17.8 Å². The highest BCUT2D eigenvalue weighted by atomic mass is 35.5. The van der Waals surface area contributed by atoms with Crippen LogP contribution in [0.5, 0.6) is 0 Å². The van der Waals surface area contributed by atoms with Crippen LogP contribution in [0.1, 0.15) is 19.8 Å². The van der Waals surface area contributed by atoms with E-state index in [2.05, 4.69) is 25.3 Å². The number of carbonyl (C=O) groups is 1. The van der Waals surface area contributed by atoms with Gasteiger partial charge in [-0.3, -0.25) is 4.79 Å². The van der Waals surface area contributed by atoms with E-state index in [9.17, 15) is 9.18 Å². The summed E-state index contributed by atoms with van der Waals surface area (Å²) in [4.78, 5) is 30.5. The summed E-state index contributed by atoms with van der Waals surface area (Å²) in [6, 6.07) is 1.67. The Kier molecular flexibility index (Phi) is 5.02. The third-order valence-electron chi connectivity index (χ3n) is 5.89. The Morgan fingerprint density at radius 1 is 1.39 bits per heavy atom. The topological polar surface area (TPSA) is 96.0 Å². The second kappa shape index (κ2) is 7.72. The molecule has 0 saturated carbocycles. The summed E-state index contributed by atoms with van der Waals surface area (Å²) in [5.41, 5.74) is 0.892. The van der Waals surface area contributed by atoms with E-state index in [1.54, 1.807) is 18.5 Å². The number of likely N-dealkylation sites (tertiary alicyclic amines) is 1. The lowest BCUT2D eigenvalue weighted by molar-refractivity contribution is -0.169. The molecule has 31 heavy (non-hydrogen) atoms. The van der Waals surface area contributed by atoms with Gasteiger partial charge in [-0.2, -0.15) is 0 Å². The number of aromatic amines is 1. The zero-order chi connectivity index (χ0) is 21.6. The van der Waals surface area contributed by atoms with Crippen LogP contribution in [-0.4, -0.2) is 63.1 Å². The van der Waals surface area contributed by atoms with Gasteiger partial charge in [-0.25, -0.2) is 19.3 Å². The molecule has 0 bridgehead atoms. The molecule has 3 aromatic rings. The van der Waals surface area contributed by atoms with Gasteiger partial charge in [0, 0.05) is 42.5 Å². The van der Waals surface area contributed by atoms with E-state index in [1.165, 1.54) is 0 Å². The third kappa shape index (κ3) is 3.72. The molecule has 5 heterocycles. The van der Waals surface area contributed by atoms with Crippen LogP contribution in [0.3, 0.4) is 0 Å². The van der Waals surface area contributed by atoms with Crippen molar-refractivity contribution in [3.63, 3.8) is 0 Å². The minimum absolute atomic E-state index is 0.0947. The van der Waals surface area contributed by atoms with Crippen molar-refractivity contribution in [2.45, 2.75) is 25.8 Å². The summed E-state index contributed by atoms with van der Waals surface area (Å²) in [5.74, 6) is 0.0359. The van der Waals surface area contributed by atoms with Gasteiger partial charge in [0.15, 0.2) is 17.5 Å². The molecular formula is C21H22ClFN6O2. The highest BCUT2D eigenvalue weighted by Crippen LogP contribution is 2.31. The average Bonchev–Trinajstić information content (AvgIpc) is 3.16. The van der Waals surface area contributed by atoms with Crippen LogP contribution in [0, 0.1) is 11.2 Å². The van der Waals surface area contributed by atoms with Gasteiger partial charge < -0.3 is 19.9 Å². The number of aromatic nitrogens is 4. The molecule has 0 unspecified atom stereocenters. The number of fused-ring (bicyclic) bond motifs is 1. The van der Waals surface area contributed by atoms with Gasteiger partial charge in [-0.1, -0.05) is 11.6 Å². The zero-order valence-electron chi connectivity index (χ0n) is 17.0. The molecule has 2 saturated heterocycles. The smallest absolute Gasteiger partial charge is 0.233 e. The molecule has 2 fully saturated rings.